The third-order valence-electron chi connectivity index (χ3n) is 3.75. The van der Waals surface area contributed by atoms with Gasteiger partial charge in [0.2, 0.25) is 0 Å². The average Bonchev–Trinajstić information content (AvgIpc) is 2.54. The maximum Gasteiger partial charge on any atom is 0.310 e. The maximum absolute atomic E-state index is 12.4. The van der Waals surface area contributed by atoms with Crippen LogP contribution in [0.2, 0.25) is 5.02 Å². The normalized spacial score (nSPS) is 12.3. The standard InChI is InChI=1S/C18H13ClO4/c1-10(18(21)22)12-4-7-16-14(8-12)15(20)9-17(23-16)11-2-5-13(19)6-3-11/h2-10H,1H3,(H,21,22). The lowest BCUT2D eigenvalue weighted by Crippen LogP contribution is -2.08. The molecule has 1 N–H and O–H groups in total. The Morgan fingerprint density at radius 3 is 2.48 bits per heavy atom. The molecule has 2 aromatic carbocycles. The van der Waals surface area contributed by atoms with E-state index in [2.05, 4.69) is 0 Å². The summed E-state index contributed by atoms with van der Waals surface area (Å²) in [6.45, 7) is 1.58. The Kier molecular flexibility index (Phi) is 3.92. The molecule has 0 aliphatic heterocycles. The number of aliphatic carboxylic acids is 1. The number of carboxylic acids is 1. The third-order valence-corrected chi connectivity index (χ3v) is 4.00. The van der Waals surface area contributed by atoms with Crippen molar-refractivity contribution in [2.24, 2.45) is 0 Å². The summed E-state index contributed by atoms with van der Waals surface area (Å²) in [4.78, 5) is 23.4. The van der Waals surface area contributed by atoms with E-state index < -0.39 is 11.9 Å². The van der Waals surface area contributed by atoms with Crippen LogP contribution >= 0.6 is 11.6 Å². The van der Waals surface area contributed by atoms with Gasteiger partial charge >= 0.3 is 5.97 Å². The molecule has 0 fully saturated rings. The second kappa shape index (κ2) is 5.89. The lowest BCUT2D eigenvalue weighted by atomic mass is 9.99. The van der Waals surface area contributed by atoms with Crippen LogP contribution in [0, 0.1) is 0 Å². The predicted octanol–water partition coefficient (Wildman–Crippen LogP) is 4.30. The summed E-state index contributed by atoms with van der Waals surface area (Å²) in [5.74, 6) is -1.18. The van der Waals surface area contributed by atoms with Gasteiger partial charge in [0.25, 0.3) is 0 Å². The topological polar surface area (TPSA) is 67.5 Å². The Labute approximate surface area is 136 Å². The summed E-state index contributed by atoms with van der Waals surface area (Å²) < 4.78 is 5.77. The first-order chi connectivity index (χ1) is 11.0. The third kappa shape index (κ3) is 2.98. The summed E-state index contributed by atoms with van der Waals surface area (Å²) in [5.41, 5.74) is 1.52. The lowest BCUT2D eigenvalue weighted by molar-refractivity contribution is -0.138. The zero-order valence-corrected chi connectivity index (χ0v) is 13.0. The fraction of sp³-hybridized carbons (Fsp3) is 0.111. The van der Waals surface area contributed by atoms with Crippen molar-refractivity contribution < 1.29 is 14.3 Å². The van der Waals surface area contributed by atoms with Crippen molar-refractivity contribution in [3.8, 4) is 11.3 Å². The number of fused-ring (bicyclic) bond motifs is 1. The van der Waals surface area contributed by atoms with Crippen LogP contribution in [0.3, 0.4) is 0 Å². The fourth-order valence-corrected chi connectivity index (χ4v) is 2.47. The predicted molar refractivity (Wildman–Crippen MR) is 89.0 cm³/mol. The number of hydrogen-bond acceptors (Lipinski definition) is 3. The summed E-state index contributed by atoms with van der Waals surface area (Å²) >= 11 is 5.86. The number of halogens is 1. The molecule has 0 amide bonds. The second-order valence-corrected chi connectivity index (χ2v) is 5.73. The molecule has 0 radical (unpaired) electrons. The zero-order chi connectivity index (χ0) is 16.6. The molecule has 5 heteroatoms. The van der Waals surface area contributed by atoms with Crippen molar-refractivity contribution in [2.45, 2.75) is 12.8 Å². The van der Waals surface area contributed by atoms with E-state index in [0.717, 1.165) is 5.56 Å². The van der Waals surface area contributed by atoms with Gasteiger partial charge in [0.05, 0.1) is 11.3 Å². The van der Waals surface area contributed by atoms with E-state index in [-0.39, 0.29) is 5.43 Å². The van der Waals surface area contributed by atoms with Crippen LogP contribution in [-0.4, -0.2) is 11.1 Å². The zero-order valence-electron chi connectivity index (χ0n) is 12.2. The van der Waals surface area contributed by atoms with Gasteiger partial charge in [-0.2, -0.15) is 0 Å². The summed E-state index contributed by atoms with van der Waals surface area (Å²) in [5, 5.41) is 10.0. The molecule has 4 nitrogen and oxygen atoms in total. The highest BCUT2D eigenvalue weighted by atomic mass is 35.5. The minimum Gasteiger partial charge on any atom is -0.481 e. The van der Waals surface area contributed by atoms with E-state index in [1.807, 2.05) is 0 Å². The molecule has 1 heterocycles. The van der Waals surface area contributed by atoms with E-state index in [0.29, 0.717) is 27.3 Å². The van der Waals surface area contributed by atoms with Crippen molar-refractivity contribution in [1.29, 1.82) is 0 Å². The molecule has 3 rings (SSSR count). The lowest BCUT2D eigenvalue weighted by Gasteiger charge is -2.08. The molecule has 23 heavy (non-hydrogen) atoms. The van der Waals surface area contributed by atoms with E-state index in [9.17, 15) is 9.59 Å². The van der Waals surface area contributed by atoms with Gasteiger partial charge in [-0.1, -0.05) is 17.7 Å². The Bertz CT molecular complexity index is 941. The quantitative estimate of drug-likeness (QED) is 0.778. The second-order valence-electron chi connectivity index (χ2n) is 5.30. The van der Waals surface area contributed by atoms with Crippen LogP contribution in [0.4, 0.5) is 0 Å². The van der Waals surface area contributed by atoms with Gasteiger partial charge in [-0.25, -0.2) is 0 Å². The molecule has 0 saturated carbocycles. The van der Waals surface area contributed by atoms with Crippen LogP contribution in [0.5, 0.6) is 0 Å². The van der Waals surface area contributed by atoms with Crippen molar-refractivity contribution in [1.82, 2.24) is 0 Å². The highest BCUT2D eigenvalue weighted by Gasteiger charge is 2.15. The van der Waals surface area contributed by atoms with Gasteiger partial charge in [0, 0.05) is 16.7 Å². The van der Waals surface area contributed by atoms with Gasteiger partial charge in [-0.15, -0.1) is 0 Å². The number of hydrogen-bond donors (Lipinski definition) is 1. The van der Waals surface area contributed by atoms with Crippen molar-refractivity contribution in [3.05, 3.63) is 69.3 Å². The average molecular weight is 329 g/mol. The first-order valence-corrected chi connectivity index (χ1v) is 7.40. The molecular weight excluding hydrogens is 316 g/mol. The molecule has 0 aliphatic carbocycles. The van der Waals surface area contributed by atoms with Gasteiger partial charge in [0.1, 0.15) is 11.3 Å². The van der Waals surface area contributed by atoms with Crippen molar-refractivity contribution >= 4 is 28.5 Å². The minimum absolute atomic E-state index is 0.212. The van der Waals surface area contributed by atoms with Gasteiger partial charge in [0.15, 0.2) is 5.43 Å². The van der Waals surface area contributed by atoms with Crippen LogP contribution in [-0.2, 0) is 4.79 Å². The molecule has 3 aromatic rings. The smallest absolute Gasteiger partial charge is 0.310 e. The van der Waals surface area contributed by atoms with E-state index in [1.54, 1.807) is 49.4 Å². The molecule has 0 bridgehead atoms. The molecule has 1 unspecified atom stereocenters. The van der Waals surface area contributed by atoms with Crippen molar-refractivity contribution in [2.75, 3.05) is 0 Å². The van der Waals surface area contributed by atoms with Crippen LogP contribution < -0.4 is 5.43 Å². The van der Waals surface area contributed by atoms with E-state index in [1.165, 1.54) is 6.07 Å². The SMILES string of the molecule is CC(C(=O)O)c1ccc2oc(-c3ccc(Cl)cc3)cc(=O)c2c1. The van der Waals surface area contributed by atoms with Crippen molar-refractivity contribution in [3.63, 3.8) is 0 Å². The molecule has 116 valence electrons. The maximum atomic E-state index is 12.4. The highest BCUT2D eigenvalue weighted by molar-refractivity contribution is 6.30. The summed E-state index contributed by atoms with van der Waals surface area (Å²) in [6.07, 6.45) is 0. The summed E-state index contributed by atoms with van der Waals surface area (Å²) in [6, 6.07) is 13.3. The number of rotatable bonds is 3. The molecule has 1 aromatic heterocycles. The molecule has 0 aliphatic rings. The Morgan fingerprint density at radius 2 is 1.83 bits per heavy atom. The van der Waals surface area contributed by atoms with Gasteiger partial charge in [-0.05, 0) is 48.9 Å². The fourth-order valence-electron chi connectivity index (χ4n) is 2.34. The Hall–Kier alpha value is -2.59. The number of carbonyl (C=O) groups is 1. The minimum atomic E-state index is -0.938. The number of benzene rings is 2. The first-order valence-electron chi connectivity index (χ1n) is 7.02. The largest absolute Gasteiger partial charge is 0.481 e. The highest BCUT2D eigenvalue weighted by Crippen LogP contribution is 2.25. The number of carboxylic acid groups (broad SMARTS) is 1. The molecule has 1 atom stereocenters. The van der Waals surface area contributed by atoms with Crippen LogP contribution in [0.15, 0.2) is 57.7 Å². The Balaban J connectivity index is 2.13. The molecular formula is C18H13ClO4. The first kappa shape index (κ1) is 15.3. The van der Waals surface area contributed by atoms with E-state index in [4.69, 9.17) is 21.1 Å². The summed E-state index contributed by atoms with van der Waals surface area (Å²) in [7, 11) is 0. The molecule has 0 spiro atoms. The Morgan fingerprint density at radius 1 is 1.13 bits per heavy atom. The molecule has 0 saturated heterocycles. The van der Waals surface area contributed by atoms with E-state index >= 15 is 0 Å². The van der Waals surface area contributed by atoms with Gasteiger partial charge < -0.3 is 9.52 Å². The van der Waals surface area contributed by atoms with Gasteiger partial charge in [-0.3, -0.25) is 9.59 Å². The van der Waals surface area contributed by atoms with Crippen LogP contribution in [0.25, 0.3) is 22.3 Å². The monoisotopic (exact) mass is 328 g/mol. The van der Waals surface area contributed by atoms with Crippen LogP contribution in [0.1, 0.15) is 18.4 Å².